The molecular weight excluding hydrogens is 472 g/mol. The fourth-order valence-corrected chi connectivity index (χ4v) is 5.97. The smallest absolute Gasteiger partial charge is 0.358 e. The summed E-state index contributed by atoms with van der Waals surface area (Å²) in [5.74, 6) is -0.947. The number of para-hydroxylation sites is 1. The summed E-state index contributed by atoms with van der Waals surface area (Å²) in [7, 11) is 3.16. The lowest BCUT2D eigenvalue weighted by Crippen LogP contribution is -2.31. The van der Waals surface area contributed by atoms with Crippen molar-refractivity contribution in [1.29, 1.82) is 0 Å². The SMILES string of the molecule is COC(=O)c1nc(N2CCc3cccc(C(=O)N=c4sc5ccccc5n4C)c3C2)sc1C=O. The summed E-state index contributed by atoms with van der Waals surface area (Å²) in [6, 6.07) is 13.6. The van der Waals surface area contributed by atoms with E-state index < -0.39 is 5.97 Å². The van der Waals surface area contributed by atoms with Crippen molar-refractivity contribution in [2.24, 2.45) is 12.0 Å². The zero-order chi connectivity index (χ0) is 23.8. The standard InChI is InChI=1S/C24H20N4O4S2/c1-27-17-8-3-4-9-18(17)33-23(27)26-21(30)15-7-5-6-14-10-11-28(12-16(14)15)24-25-20(22(31)32-2)19(13-29)34-24/h3-9,13H,10-12H2,1-2H3. The van der Waals surface area contributed by atoms with E-state index in [-0.39, 0.29) is 16.5 Å². The second kappa shape index (κ2) is 8.96. The summed E-state index contributed by atoms with van der Waals surface area (Å²) in [5.41, 5.74) is 3.54. The van der Waals surface area contributed by atoms with Crippen LogP contribution in [-0.4, -0.2) is 41.4 Å². The number of aldehydes is 1. The molecule has 0 fully saturated rings. The molecule has 0 saturated heterocycles. The Hall–Kier alpha value is -3.63. The molecule has 0 aliphatic carbocycles. The maximum Gasteiger partial charge on any atom is 0.358 e. The fourth-order valence-electron chi connectivity index (χ4n) is 4.06. The average Bonchev–Trinajstić information content (AvgIpc) is 3.44. The molecule has 2 aromatic heterocycles. The zero-order valence-corrected chi connectivity index (χ0v) is 20.1. The van der Waals surface area contributed by atoms with Gasteiger partial charge in [-0.15, -0.1) is 0 Å². The molecule has 0 bridgehead atoms. The van der Waals surface area contributed by atoms with E-state index in [1.807, 2.05) is 52.9 Å². The van der Waals surface area contributed by atoms with Crippen LogP contribution in [-0.2, 0) is 24.8 Å². The minimum absolute atomic E-state index is 0.0138. The van der Waals surface area contributed by atoms with Crippen LogP contribution in [0.4, 0.5) is 5.13 Å². The lowest BCUT2D eigenvalue weighted by molar-refractivity contribution is 0.0592. The first-order valence-corrected chi connectivity index (χ1v) is 12.2. The van der Waals surface area contributed by atoms with E-state index in [9.17, 15) is 14.4 Å². The third-order valence-corrected chi connectivity index (χ3v) is 7.97. The molecule has 34 heavy (non-hydrogen) atoms. The molecule has 0 saturated carbocycles. The van der Waals surface area contributed by atoms with Crippen molar-refractivity contribution in [3.8, 4) is 0 Å². The second-order valence-corrected chi connectivity index (χ2v) is 9.78. The second-order valence-electron chi connectivity index (χ2n) is 7.76. The highest BCUT2D eigenvalue weighted by Crippen LogP contribution is 2.31. The Bertz CT molecular complexity index is 1510. The number of amides is 1. The van der Waals surface area contributed by atoms with Gasteiger partial charge in [-0.1, -0.05) is 46.9 Å². The van der Waals surface area contributed by atoms with Crippen molar-refractivity contribution in [3.63, 3.8) is 0 Å². The van der Waals surface area contributed by atoms with E-state index in [2.05, 4.69) is 9.98 Å². The number of anilines is 1. The number of esters is 1. The van der Waals surface area contributed by atoms with Crippen LogP contribution in [0.5, 0.6) is 0 Å². The van der Waals surface area contributed by atoms with E-state index in [1.165, 1.54) is 18.4 Å². The third-order valence-electron chi connectivity index (χ3n) is 5.81. The van der Waals surface area contributed by atoms with Gasteiger partial charge in [0.1, 0.15) is 4.88 Å². The van der Waals surface area contributed by atoms with Crippen LogP contribution in [0.25, 0.3) is 10.2 Å². The van der Waals surface area contributed by atoms with Crippen molar-refractivity contribution in [2.75, 3.05) is 18.6 Å². The Kier molecular flexibility index (Phi) is 5.84. The van der Waals surface area contributed by atoms with Gasteiger partial charge in [-0.05, 0) is 35.7 Å². The molecule has 172 valence electrons. The predicted molar refractivity (Wildman–Crippen MR) is 131 cm³/mol. The average molecular weight is 493 g/mol. The minimum Gasteiger partial charge on any atom is -0.464 e. The minimum atomic E-state index is -0.645. The monoisotopic (exact) mass is 492 g/mol. The molecule has 0 radical (unpaired) electrons. The quantitative estimate of drug-likeness (QED) is 0.319. The Morgan fingerprint density at radius 1 is 1.15 bits per heavy atom. The summed E-state index contributed by atoms with van der Waals surface area (Å²) < 4.78 is 7.73. The van der Waals surface area contributed by atoms with Crippen molar-refractivity contribution in [1.82, 2.24) is 9.55 Å². The molecule has 3 heterocycles. The number of thiazole rings is 2. The number of aryl methyl sites for hydroxylation is 1. The largest absolute Gasteiger partial charge is 0.464 e. The number of hydrogen-bond donors (Lipinski definition) is 0. The van der Waals surface area contributed by atoms with E-state index in [0.29, 0.717) is 41.3 Å². The number of aromatic nitrogens is 2. The summed E-state index contributed by atoms with van der Waals surface area (Å²) in [5, 5.41) is 0.545. The Morgan fingerprint density at radius 3 is 2.74 bits per heavy atom. The molecular formula is C24H20N4O4S2. The van der Waals surface area contributed by atoms with Crippen molar-refractivity contribution in [3.05, 3.63) is 74.5 Å². The van der Waals surface area contributed by atoms with Gasteiger partial charge in [0.2, 0.25) is 0 Å². The molecule has 0 unspecified atom stereocenters. The number of ether oxygens (including phenoxy) is 1. The van der Waals surface area contributed by atoms with E-state index in [4.69, 9.17) is 4.74 Å². The first-order chi connectivity index (χ1) is 16.5. The maximum atomic E-state index is 13.3. The molecule has 8 nitrogen and oxygen atoms in total. The number of fused-ring (bicyclic) bond motifs is 2. The topological polar surface area (TPSA) is 93.9 Å². The van der Waals surface area contributed by atoms with Crippen LogP contribution in [0.3, 0.4) is 0 Å². The lowest BCUT2D eigenvalue weighted by atomic mass is 9.95. The molecule has 4 aromatic rings. The molecule has 0 N–H and O–H groups in total. The van der Waals surface area contributed by atoms with Crippen molar-refractivity contribution in [2.45, 2.75) is 13.0 Å². The highest BCUT2D eigenvalue weighted by atomic mass is 32.1. The van der Waals surface area contributed by atoms with Gasteiger partial charge in [0.15, 0.2) is 21.9 Å². The highest BCUT2D eigenvalue weighted by Gasteiger charge is 2.26. The highest BCUT2D eigenvalue weighted by molar-refractivity contribution is 7.17. The molecule has 0 spiro atoms. The van der Waals surface area contributed by atoms with Crippen LogP contribution in [0.2, 0.25) is 0 Å². The van der Waals surface area contributed by atoms with Crippen LogP contribution < -0.4 is 9.70 Å². The summed E-state index contributed by atoms with van der Waals surface area (Å²) in [4.78, 5) is 48.3. The Balaban J connectivity index is 1.50. The van der Waals surface area contributed by atoms with Gasteiger partial charge in [0.05, 0.1) is 17.3 Å². The summed E-state index contributed by atoms with van der Waals surface area (Å²) >= 11 is 2.61. The summed E-state index contributed by atoms with van der Waals surface area (Å²) in [6.07, 6.45) is 1.32. The molecule has 1 aliphatic heterocycles. The fraction of sp³-hybridized carbons (Fsp3) is 0.208. The zero-order valence-electron chi connectivity index (χ0n) is 18.5. The van der Waals surface area contributed by atoms with E-state index in [1.54, 1.807) is 6.07 Å². The number of hydrogen-bond acceptors (Lipinski definition) is 8. The number of nitrogens with zero attached hydrogens (tertiary/aromatic N) is 4. The molecule has 0 atom stereocenters. The van der Waals surface area contributed by atoms with Crippen molar-refractivity contribution < 1.29 is 19.1 Å². The molecule has 1 aliphatic rings. The first kappa shape index (κ1) is 22.2. The van der Waals surface area contributed by atoms with Crippen molar-refractivity contribution >= 4 is 56.2 Å². The third kappa shape index (κ3) is 3.84. The number of benzene rings is 2. The van der Waals surface area contributed by atoms with Gasteiger partial charge in [0, 0.05) is 25.7 Å². The summed E-state index contributed by atoms with van der Waals surface area (Å²) in [6.45, 7) is 1.08. The molecule has 1 amide bonds. The van der Waals surface area contributed by atoms with Gasteiger partial charge >= 0.3 is 5.97 Å². The van der Waals surface area contributed by atoms with Crippen LogP contribution in [0.1, 0.15) is 41.6 Å². The normalized spacial score (nSPS) is 13.7. The van der Waals surface area contributed by atoms with Crippen LogP contribution in [0, 0.1) is 0 Å². The lowest BCUT2D eigenvalue weighted by Gasteiger charge is -2.29. The predicted octanol–water partition coefficient (Wildman–Crippen LogP) is 3.60. The van der Waals surface area contributed by atoms with Gasteiger partial charge in [0.25, 0.3) is 5.91 Å². The van der Waals surface area contributed by atoms with Gasteiger partial charge in [-0.2, -0.15) is 4.99 Å². The van der Waals surface area contributed by atoms with E-state index >= 15 is 0 Å². The number of methoxy groups -OCH3 is 1. The van der Waals surface area contributed by atoms with Crippen LogP contribution >= 0.6 is 22.7 Å². The first-order valence-electron chi connectivity index (χ1n) is 10.5. The number of carbonyl (C=O) groups is 3. The number of rotatable bonds is 4. The maximum absolute atomic E-state index is 13.3. The van der Waals surface area contributed by atoms with Gasteiger partial charge < -0.3 is 14.2 Å². The molecule has 2 aromatic carbocycles. The molecule has 10 heteroatoms. The Morgan fingerprint density at radius 2 is 1.97 bits per heavy atom. The van der Waals surface area contributed by atoms with Gasteiger partial charge in [-0.3, -0.25) is 9.59 Å². The Labute approximate surface area is 202 Å². The van der Waals surface area contributed by atoms with Gasteiger partial charge in [-0.25, -0.2) is 9.78 Å². The number of carbonyl (C=O) groups excluding carboxylic acids is 3. The van der Waals surface area contributed by atoms with E-state index in [0.717, 1.165) is 32.7 Å². The van der Waals surface area contributed by atoms with Crippen LogP contribution in [0.15, 0.2) is 47.5 Å². The molecule has 5 rings (SSSR count).